The fraction of sp³-hybridized carbons (Fsp3) is 0.333. The largest absolute Gasteiger partial charge is 0.310 e. The highest BCUT2D eigenvalue weighted by Gasteiger charge is 2.39. The zero-order chi connectivity index (χ0) is 25.8. The van der Waals surface area contributed by atoms with Crippen molar-refractivity contribution in [1.29, 1.82) is 5.41 Å². The van der Waals surface area contributed by atoms with Gasteiger partial charge in [-0.25, -0.2) is 4.39 Å². The van der Waals surface area contributed by atoms with E-state index in [0.717, 1.165) is 54.4 Å². The van der Waals surface area contributed by atoms with E-state index < -0.39 is 0 Å². The van der Waals surface area contributed by atoms with Crippen molar-refractivity contribution < 1.29 is 9.18 Å². The molecule has 0 spiro atoms. The third kappa shape index (κ3) is 5.56. The normalized spacial score (nSPS) is 18.6. The van der Waals surface area contributed by atoms with Crippen molar-refractivity contribution >= 4 is 17.1 Å². The Morgan fingerprint density at radius 2 is 1.67 bits per heavy atom. The van der Waals surface area contributed by atoms with Crippen molar-refractivity contribution in [3.05, 3.63) is 100 Å². The Morgan fingerprint density at radius 1 is 0.944 bits per heavy atom. The van der Waals surface area contributed by atoms with E-state index in [9.17, 15) is 9.18 Å². The van der Waals surface area contributed by atoms with Gasteiger partial charge in [-0.3, -0.25) is 4.79 Å². The van der Waals surface area contributed by atoms with Gasteiger partial charge in [0.1, 0.15) is 5.82 Å². The number of carbonyl (C=O) groups is 1. The number of benzene rings is 3. The van der Waals surface area contributed by atoms with Gasteiger partial charge in [-0.1, -0.05) is 67.1 Å². The molecule has 1 saturated carbocycles. The van der Waals surface area contributed by atoms with E-state index in [1.165, 1.54) is 16.7 Å². The minimum Gasteiger partial charge on any atom is -0.310 e. The summed E-state index contributed by atoms with van der Waals surface area (Å²) in [5, 5.41) is 7.23. The second-order valence-corrected chi connectivity index (χ2v) is 10.3. The van der Waals surface area contributed by atoms with Crippen LogP contribution in [0.3, 0.4) is 0 Å². The molecule has 3 heteroatoms. The predicted octanol–water partition coefficient (Wildman–Crippen LogP) is 8.40. The Bertz CT molecular complexity index is 1300. The number of aryl methyl sites for hydroxylation is 2. The molecule has 1 fully saturated rings. The maximum Gasteiger partial charge on any atom is 0.166 e. The number of fused-ring (bicyclic) bond motifs is 2. The Balaban J connectivity index is 0.000000256. The summed E-state index contributed by atoms with van der Waals surface area (Å²) in [6.07, 6.45) is 4.80. The van der Waals surface area contributed by atoms with Crippen LogP contribution in [0.4, 0.5) is 4.39 Å². The van der Waals surface area contributed by atoms with Crippen LogP contribution in [0, 0.1) is 30.0 Å². The predicted molar refractivity (Wildman–Crippen MR) is 148 cm³/mol. The molecule has 36 heavy (non-hydrogen) atoms. The van der Waals surface area contributed by atoms with E-state index in [0.29, 0.717) is 23.0 Å². The molecule has 2 nitrogen and oxygen atoms in total. The molecule has 0 aliphatic heterocycles. The average Bonchev–Trinajstić information content (AvgIpc) is 3.31. The molecule has 3 aromatic rings. The molecule has 2 aliphatic rings. The zero-order valence-electron chi connectivity index (χ0n) is 21.8. The summed E-state index contributed by atoms with van der Waals surface area (Å²) in [5.41, 5.74) is 8.63. The van der Waals surface area contributed by atoms with Gasteiger partial charge in [0.15, 0.2) is 5.78 Å². The molecule has 186 valence electrons. The second-order valence-electron chi connectivity index (χ2n) is 10.3. The summed E-state index contributed by atoms with van der Waals surface area (Å²) in [6, 6.07) is 21.5. The molecule has 2 atom stereocenters. The van der Waals surface area contributed by atoms with Gasteiger partial charge >= 0.3 is 0 Å². The maximum atomic E-state index is 14.5. The summed E-state index contributed by atoms with van der Waals surface area (Å²) in [4.78, 5) is 13.1. The topological polar surface area (TPSA) is 40.9 Å². The molecular formula is C33H36FNO. The van der Waals surface area contributed by atoms with Gasteiger partial charge in [0.2, 0.25) is 0 Å². The third-order valence-electron chi connectivity index (χ3n) is 7.56. The van der Waals surface area contributed by atoms with Gasteiger partial charge < -0.3 is 5.41 Å². The van der Waals surface area contributed by atoms with Crippen molar-refractivity contribution in [3.63, 3.8) is 0 Å². The lowest BCUT2D eigenvalue weighted by Crippen LogP contribution is -2.21. The van der Waals surface area contributed by atoms with Crippen LogP contribution in [0.15, 0.2) is 72.3 Å². The first-order valence-corrected chi connectivity index (χ1v) is 13.0. The average molecular weight is 482 g/mol. The molecule has 0 heterocycles. The van der Waals surface area contributed by atoms with Gasteiger partial charge in [-0.2, -0.15) is 0 Å². The third-order valence-corrected chi connectivity index (χ3v) is 7.56. The van der Waals surface area contributed by atoms with Gasteiger partial charge in [0.25, 0.3) is 0 Å². The fourth-order valence-electron chi connectivity index (χ4n) is 5.60. The Hall–Kier alpha value is -3.33. The molecular weight excluding hydrogens is 445 g/mol. The lowest BCUT2D eigenvalue weighted by molar-refractivity contribution is -0.117. The van der Waals surface area contributed by atoms with E-state index in [4.69, 9.17) is 5.41 Å². The van der Waals surface area contributed by atoms with Crippen LogP contribution >= 0.6 is 0 Å². The van der Waals surface area contributed by atoms with Crippen molar-refractivity contribution in [1.82, 2.24) is 0 Å². The number of ketones is 1. The van der Waals surface area contributed by atoms with Gasteiger partial charge in [0, 0.05) is 29.2 Å². The van der Waals surface area contributed by atoms with Gasteiger partial charge in [-0.05, 0) is 92.3 Å². The van der Waals surface area contributed by atoms with E-state index in [-0.39, 0.29) is 11.7 Å². The molecule has 5 rings (SSSR count). The number of hydrogen-bond donors (Lipinski definition) is 1. The van der Waals surface area contributed by atoms with Crippen LogP contribution in [-0.4, -0.2) is 11.5 Å². The molecule has 0 amide bonds. The summed E-state index contributed by atoms with van der Waals surface area (Å²) in [6.45, 7) is 7.96. The Kier molecular flexibility index (Phi) is 7.98. The lowest BCUT2D eigenvalue weighted by Gasteiger charge is -2.25. The molecule has 3 aromatic carbocycles. The number of carbonyl (C=O) groups excluding carboxylic acids is 1. The minimum atomic E-state index is -0.207. The summed E-state index contributed by atoms with van der Waals surface area (Å²) in [5.74, 6) is 0.814. The van der Waals surface area contributed by atoms with Crippen molar-refractivity contribution in [2.75, 3.05) is 0 Å². The highest BCUT2D eigenvalue weighted by atomic mass is 19.1. The monoisotopic (exact) mass is 481 g/mol. The highest BCUT2D eigenvalue weighted by molar-refractivity contribution is 6.24. The van der Waals surface area contributed by atoms with E-state index in [2.05, 4.69) is 19.9 Å². The summed E-state index contributed by atoms with van der Waals surface area (Å²) in [7, 11) is 0. The van der Waals surface area contributed by atoms with E-state index >= 15 is 0 Å². The first kappa shape index (κ1) is 25.8. The van der Waals surface area contributed by atoms with Crippen LogP contribution < -0.4 is 0 Å². The number of nitrogens with one attached hydrogen (secondary N) is 1. The fourth-order valence-corrected chi connectivity index (χ4v) is 5.60. The smallest absolute Gasteiger partial charge is 0.166 e. The Labute approximate surface area is 214 Å². The first-order chi connectivity index (χ1) is 17.3. The first-order valence-electron chi connectivity index (χ1n) is 13.0. The van der Waals surface area contributed by atoms with Crippen molar-refractivity contribution in [2.45, 2.75) is 59.8 Å². The number of halogens is 1. The quantitative estimate of drug-likeness (QED) is 0.365. The van der Waals surface area contributed by atoms with Crippen LogP contribution in [-0.2, 0) is 17.6 Å². The van der Waals surface area contributed by atoms with E-state index in [1.54, 1.807) is 6.07 Å². The van der Waals surface area contributed by atoms with Crippen molar-refractivity contribution in [3.8, 4) is 11.1 Å². The van der Waals surface area contributed by atoms with Crippen LogP contribution in [0.25, 0.3) is 16.7 Å². The minimum absolute atomic E-state index is 0.183. The standard InChI is InChI=1S/C24H25FO.C9H11N/c1-4-16-6-8-18(20-10-5-14(2)11-22(20)25)13-21(16)23-15(3)17-7-9-19(12-17)24(23)26;1-8(10)7-9-5-3-2-4-6-9/h5-6,8,10-11,13,17,19H,4,7,9,12H2,1-3H3;2-6,10H,7H2,1H3. The van der Waals surface area contributed by atoms with Crippen LogP contribution in [0.2, 0.25) is 0 Å². The summed E-state index contributed by atoms with van der Waals surface area (Å²) < 4.78 is 14.5. The number of allylic oxidation sites excluding steroid dienone is 2. The molecule has 2 unspecified atom stereocenters. The number of hydrogen-bond acceptors (Lipinski definition) is 2. The maximum absolute atomic E-state index is 14.5. The van der Waals surface area contributed by atoms with Crippen molar-refractivity contribution in [2.24, 2.45) is 11.8 Å². The van der Waals surface area contributed by atoms with Gasteiger partial charge in [-0.15, -0.1) is 0 Å². The number of Topliss-reactive ketones (excluding diaryl/α,β-unsaturated/α-hetero) is 1. The highest BCUT2D eigenvalue weighted by Crippen LogP contribution is 2.47. The number of rotatable bonds is 5. The molecule has 0 radical (unpaired) electrons. The van der Waals surface area contributed by atoms with Gasteiger partial charge in [0.05, 0.1) is 0 Å². The molecule has 2 bridgehead atoms. The molecule has 2 aliphatic carbocycles. The van der Waals surface area contributed by atoms with E-state index in [1.807, 2.05) is 68.4 Å². The second kappa shape index (κ2) is 11.2. The molecule has 0 saturated heterocycles. The molecule has 1 N–H and O–H groups in total. The Morgan fingerprint density at radius 3 is 2.33 bits per heavy atom. The van der Waals surface area contributed by atoms with Crippen LogP contribution in [0.5, 0.6) is 0 Å². The lowest BCUT2D eigenvalue weighted by atomic mass is 9.78. The van der Waals surface area contributed by atoms with Crippen LogP contribution in [0.1, 0.15) is 62.3 Å². The molecule has 0 aromatic heterocycles. The zero-order valence-corrected chi connectivity index (χ0v) is 21.8. The SMILES string of the molecule is CC(=N)Cc1ccccc1.CCc1ccc(-c2ccc(C)cc2F)cc1C1=C(C)C2CCC(C2)C1=O. The summed E-state index contributed by atoms with van der Waals surface area (Å²) >= 11 is 0.